The van der Waals surface area contributed by atoms with Crippen LogP contribution in [-0.4, -0.2) is 71.3 Å². The van der Waals surface area contributed by atoms with E-state index in [1.54, 1.807) is 0 Å². The number of rotatable bonds is 4. The summed E-state index contributed by atoms with van der Waals surface area (Å²) >= 11 is 0. The molecule has 156 valence electrons. The van der Waals surface area contributed by atoms with Crippen LogP contribution in [0.25, 0.3) is 0 Å². The smallest absolute Gasteiger partial charge is 0.236 e. The molecule has 1 aromatic rings. The van der Waals surface area contributed by atoms with Crippen molar-refractivity contribution in [2.75, 3.05) is 39.3 Å². The first-order valence-corrected chi connectivity index (χ1v) is 11.4. The zero-order chi connectivity index (χ0) is 20.1. The van der Waals surface area contributed by atoms with Crippen LogP contribution in [-0.2, 0) is 15.0 Å². The van der Waals surface area contributed by atoms with Crippen molar-refractivity contribution in [2.24, 2.45) is 0 Å². The number of carbonyl (C=O) groups is 2. The van der Waals surface area contributed by atoms with Crippen LogP contribution in [0, 0.1) is 6.92 Å². The third kappa shape index (κ3) is 3.27. The summed E-state index contributed by atoms with van der Waals surface area (Å²) in [6, 6.07) is 8.53. The number of nitrogens with zero attached hydrogens (tertiary/aromatic N) is 3. The topological polar surface area (TPSA) is 43.9 Å². The number of hydrogen-bond acceptors (Lipinski definition) is 3. The van der Waals surface area contributed by atoms with E-state index in [0.29, 0.717) is 12.5 Å². The lowest BCUT2D eigenvalue weighted by atomic mass is 9.77. The Morgan fingerprint density at radius 1 is 0.862 bits per heavy atom. The van der Waals surface area contributed by atoms with Crippen LogP contribution in [0.3, 0.4) is 0 Å². The van der Waals surface area contributed by atoms with Gasteiger partial charge < -0.3 is 9.80 Å². The Balaban J connectivity index is 1.27. The molecule has 4 aliphatic rings. The summed E-state index contributed by atoms with van der Waals surface area (Å²) in [6.07, 6.45) is 7.49. The van der Waals surface area contributed by atoms with Gasteiger partial charge in [-0.15, -0.1) is 0 Å². The van der Waals surface area contributed by atoms with E-state index in [4.69, 9.17) is 0 Å². The average Bonchev–Trinajstić information content (AvgIpc) is 3.36. The molecule has 2 amide bonds. The van der Waals surface area contributed by atoms with E-state index in [-0.39, 0.29) is 16.9 Å². The Morgan fingerprint density at radius 3 is 2.17 bits per heavy atom. The highest BCUT2D eigenvalue weighted by molar-refractivity contribution is 5.91. The van der Waals surface area contributed by atoms with Crippen LogP contribution in [0.1, 0.15) is 56.1 Å². The minimum Gasteiger partial charge on any atom is -0.342 e. The summed E-state index contributed by atoms with van der Waals surface area (Å²) < 4.78 is 0. The second-order valence-corrected chi connectivity index (χ2v) is 9.76. The Bertz CT molecular complexity index is 795. The van der Waals surface area contributed by atoms with Crippen molar-refractivity contribution >= 4 is 11.8 Å². The maximum absolute atomic E-state index is 13.6. The van der Waals surface area contributed by atoms with E-state index in [1.807, 2.05) is 4.90 Å². The number of carbonyl (C=O) groups excluding carboxylic acids is 2. The molecule has 3 saturated heterocycles. The molecule has 1 saturated carbocycles. The molecule has 5 nitrogen and oxygen atoms in total. The summed E-state index contributed by atoms with van der Waals surface area (Å²) in [5.41, 5.74) is 2.17. The molecule has 0 N–H and O–H groups in total. The molecule has 0 aromatic heterocycles. The molecular formula is C24H33N3O2. The van der Waals surface area contributed by atoms with Gasteiger partial charge in [0.15, 0.2) is 0 Å². The normalized spacial score (nSPS) is 28.4. The fourth-order valence-corrected chi connectivity index (χ4v) is 5.74. The Hall–Kier alpha value is -1.88. The minimum absolute atomic E-state index is 0.0344. The molecule has 5 rings (SSSR count). The van der Waals surface area contributed by atoms with Gasteiger partial charge in [-0.05, 0) is 57.4 Å². The van der Waals surface area contributed by atoms with Gasteiger partial charge in [0.1, 0.15) is 0 Å². The lowest BCUT2D eigenvalue weighted by Gasteiger charge is -2.57. The molecule has 3 heterocycles. The number of piperidine rings is 1. The number of likely N-dealkylation sites (tertiary alicyclic amines) is 3. The minimum atomic E-state index is -0.286. The third-order valence-electron chi connectivity index (χ3n) is 7.91. The second-order valence-electron chi connectivity index (χ2n) is 9.76. The summed E-state index contributed by atoms with van der Waals surface area (Å²) in [5, 5.41) is 0. The van der Waals surface area contributed by atoms with Crippen molar-refractivity contribution in [2.45, 2.75) is 62.8 Å². The molecular weight excluding hydrogens is 362 g/mol. The van der Waals surface area contributed by atoms with Gasteiger partial charge in [-0.2, -0.15) is 0 Å². The monoisotopic (exact) mass is 395 g/mol. The highest BCUT2D eigenvalue weighted by atomic mass is 16.2. The van der Waals surface area contributed by atoms with Crippen molar-refractivity contribution in [1.82, 2.24) is 14.7 Å². The molecule has 1 unspecified atom stereocenters. The van der Waals surface area contributed by atoms with Crippen molar-refractivity contribution in [3.63, 3.8) is 0 Å². The average molecular weight is 396 g/mol. The largest absolute Gasteiger partial charge is 0.342 e. The quantitative estimate of drug-likeness (QED) is 0.787. The maximum atomic E-state index is 13.6. The number of aryl methyl sites for hydroxylation is 1. The van der Waals surface area contributed by atoms with Crippen LogP contribution in [0.4, 0.5) is 0 Å². The van der Waals surface area contributed by atoms with Crippen molar-refractivity contribution < 1.29 is 9.59 Å². The molecule has 1 aliphatic carbocycles. The fraction of sp³-hybridized carbons (Fsp3) is 0.667. The van der Waals surface area contributed by atoms with Gasteiger partial charge in [0, 0.05) is 38.3 Å². The van der Waals surface area contributed by atoms with E-state index in [0.717, 1.165) is 77.7 Å². The zero-order valence-electron chi connectivity index (χ0n) is 17.7. The Labute approximate surface area is 174 Å². The molecule has 4 fully saturated rings. The Morgan fingerprint density at radius 2 is 1.55 bits per heavy atom. The standard InChI is InChI=1S/C24H33N3O2/c1-19-5-7-20(8-6-19)24(10-11-24)22(29)26-15-4-9-23(18-26)12-16-27(23)17-21(28)25-13-2-3-14-25/h5-8H,2-4,9-18H2,1H3. The molecule has 1 spiro atoms. The summed E-state index contributed by atoms with van der Waals surface area (Å²) in [7, 11) is 0. The number of benzene rings is 1. The van der Waals surface area contributed by atoms with E-state index in [1.165, 1.54) is 11.1 Å². The summed E-state index contributed by atoms with van der Waals surface area (Å²) in [5.74, 6) is 0.599. The van der Waals surface area contributed by atoms with Gasteiger partial charge in [-0.25, -0.2) is 0 Å². The van der Waals surface area contributed by atoms with E-state index >= 15 is 0 Å². The van der Waals surface area contributed by atoms with Gasteiger partial charge in [0.2, 0.25) is 11.8 Å². The molecule has 0 bridgehead atoms. The van der Waals surface area contributed by atoms with E-state index < -0.39 is 0 Å². The first-order valence-electron chi connectivity index (χ1n) is 11.4. The highest BCUT2D eigenvalue weighted by Gasteiger charge is 2.56. The van der Waals surface area contributed by atoms with Gasteiger partial charge in [0.25, 0.3) is 0 Å². The predicted octanol–water partition coefficient (Wildman–Crippen LogP) is 2.72. The molecule has 5 heteroatoms. The van der Waals surface area contributed by atoms with Gasteiger partial charge in [0.05, 0.1) is 12.0 Å². The van der Waals surface area contributed by atoms with Gasteiger partial charge >= 0.3 is 0 Å². The van der Waals surface area contributed by atoms with Gasteiger partial charge in [-0.1, -0.05) is 29.8 Å². The SMILES string of the molecule is Cc1ccc(C2(C(=O)N3CCCC4(CCN4CC(=O)N4CCCC4)C3)CC2)cc1. The van der Waals surface area contributed by atoms with Crippen LogP contribution in [0.2, 0.25) is 0 Å². The highest BCUT2D eigenvalue weighted by Crippen LogP contribution is 2.51. The maximum Gasteiger partial charge on any atom is 0.236 e. The van der Waals surface area contributed by atoms with E-state index in [2.05, 4.69) is 41.0 Å². The Kier molecular flexibility index (Phi) is 4.69. The second kappa shape index (κ2) is 7.12. The van der Waals surface area contributed by atoms with Crippen LogP contribution in [0.5, 0.6) is 0 Å². The number of amides is 2. The van der Waals surface area contributed by atoms with Crippen molar-refractivity contribution in [3.05, 3.63) is 35.4 Å². The first-order chi connectivity index (χ1) is 14.0. The van der Waals surface area contributed by atoms with Crippen LogP contribution >= 0.6 is 0 Å². The molecule has 29 heavy (non-hydrogen) atoms. The fourth-order valence-electron chi connectivity index (χ4n) is 5.74. The van der Waals surface area contributed by atoms with Crippen LogP contribution < -0.4 is 0 Å². The molecule has 1 atom stereocenters. The lowest BCUT2D eigenvalue weighted by molar-refractivity contribution is -0.147. The first kappa shape index (κ1) is 19.1. The summed E-state index contributed by atoms with van der Waals surface area (Å²) in [4.78, 5) is 32.8. The molecule has 1 aromatic carbocycles. The zero-order valence-corrected chi connectivity index (χ0v) is 17.7. The van der Waals surface area contributed by atoms with Crippen LogP contribution in [0.15, 0.2) is 24.3 Å². The third-order valence-corrected chi connectivity index (χ3v) is 7.91. The molecule has 0 radical (unpaired) electrons. The molecule has 3 aliphatic heterocycles. The van der Waals surface area contributed by atoms with E-state index in [9.17, 15) is 9.59 Å². The van der Waals surface area contributed by atoms with Gasteiger partial charge in [-0.3, -0.25) is 14.5 Å². The number of hydrogen-bond donors (Lipinski definition) is 0. The van der Waals surface area contributed by atoms with Crippen molar-refractivity contribution in [1.29, 1.82) is 0 Å². The summed E-state index contributed by atoms with van der Waals surface area (Å²) in [6.45, 7) is 7.12. The lowest BCUT2D eigenvalue weighted by Crippen LogP contribution is -2.69. The predicted molar refractivity (Wildman–Crippen MR) is 113 cm³/mol. The van der Waals surface area contributed by atoms with Crippen molar-refractivity contribution in [3.8, 4) is 0 Å².